The number of rotatable bonds is 4. The van der Waals surface area contributed by atoms with Gasteiger partial charge in [0.1, 0.15) is 6.04 Å². The fraction of sp³-hybridized carbons (Fsp3) is 0.222. The molecule has 4 nitrogen and oxygen atoms in total. The molecule has 0 aliphatic carbocycles. The van der Waals surface area contributed by atoms with Crippen molar-refractivity contribution in [3.05, 3.63) is 59.2 Å². The van der Waals surface area contributed by atoms with Crippen LogP contribution in [-0.4, -0.2) is 11.9 Å². The summed E-state index contributed by atoms with van der Waals surface area (Å²) in [5.74, 6) is -0.144. The Bertz CT molecular complexity index is 711. The Labute approximate surface area is 130 Å². The van der Waals surface area contributed by atoms with E-state index in [9.17, 15) is 4.79 Å². The van der Waals surface area contributed by atoms with Crippen LogP contribution in [0, 0.1) is 25.2 Å². The van der Waals surface area contributed by atoms with Crippen LogP contribution in [0.2, 0.25) is 0 Å². The van der Waals surface area contributed by atoms with Gasteiger partial charge >= 0.3 is 0 Å². The second kappa shape index (κ2) is 6.77. The predicted octanol–water partition coefficient (Wildman–Crippen LogP) is 3.61. The van der Waals surface area contributed by atoms with Gasteiger partial charge in [-0.3, -0.25) is 4.79 Å². The minimum absolute atomic E-state index is 0.144. The first-order valence-corrected chi connectivity index (χ1v) is 7.14. The smallest absolute Gasteiger partial charge is 0.246 e. The van der Waals surface area contributed by atoms with Crippen molar-refractivity contribution in [3.8, 4) is 6.07 Å². The van der Waals surface area contributed by atoms with Crippen LogP contribution in [0.3, 0.4) is 0 Å². The molecule has 4 heteroatoms. The van der Waals surface area contributed by atoms with E-state index in [0.717, 1.165) is 16.8 Å². The summed E-state index contributed by atoms with van der Waals surface area (Å²) in [6.07, 6.45) is 0. The summed E-state index contributed by atoms with van der Waals surface area (Å²) in [5, 5.41) is 14.9. The van der Waals surface area contributed by atoms with Crippen LogP contribution in [0.15, 0.2) is 42.5 Å². The summed E-state index contributed by atoms with van der Waals surface area (Å²) in [6, 6.07) is 14.6. The third-order valence-electron chi connectivity index (χ3n) is 3.26. The van der Waals surface area contributed by atoms with E-state index in [1.807, 2.05) is 26.0 Å². The number of aryl methyl sites for hydroxylation is 2. The highest BCUT2D eigenvalue weighted by molar-refractivity contribution is 5.96. The molecule has 0 fully saturated rings. The summed E-state index contributed by atoms with van der Waals surface area (Å²) < 4.78 is 0. The second-order valence-electron chi connectivity index (χ2n) is 5.42. The lowest BCUT2D eigenvalue weighted by Gasteiger charge is -2.16. The standard InChI is InChI=1S/C18H19N3O/c1-12-7-13(2)9-17(8-12)20-14(3)18(22)21-16-6-4-5-15(10-16)11-19/h4-10,14,20H,1-3H3,(H,21,22). The maximum Gasteiger partial charge on any atom is 0.246 e. The fourth-order valence-electron chi connectivity index (χ4n) is 2.29. The van der Waals surface area contributed by atoms with Crippen molar-refractivity contribution in [1.82, 2.24) is 0 Å². The van der Waals surface area contributed by atoms with Gasteiger partial charge in [-0.1, -0.05) is 12.1 Å². The molecule has 2 aromatic rings. The third kappa shape index (κ3) is 4.10. The monoisotopic (exact) mass is 293 g/mol. The summed E-state index contributed by atoms with van der Waals surface area (Å²) in [6.45, 7) is 5.85. The second-order valence-corrected chi connectivity index (χ2v) is 5.42. The van der Waals surface area contributed by atoms with Crippen molar-refractivity contribution in [1.29, 1.82) is 5.26 Å². The van der Waals surface area contributed by atoms with Gasteiger partial charge in [0.2, 0.25) is 5.91 Å². The average molecular weight is 293 g/mol. The number of carbonyl (C=O) groups is 1. The molecule has 0 bridgehead atoms. The van der Waals surface area contributed by atoms with Crippen molar-refractivity contribution in [2.75, 3.05) is 10.6 Å². The van der Waals surface area contributed by atoms with Crippen LogP contribution in [0.25, 0.3) is 0 Å². The molecule has 0 aliphatic heterocycles. The van der Waals surface area contributed by atoms with Gasteiger partial charge in [-0.05, 0) is 62.2 Å². The van der Waals surface area contributed by atoms with E-state index in [2.05, 4.69) is 22.8 Å². The summed E-state index contributed by atoms with van der Waals surface area (Å²) in [7, 11) is 0. The summed E-state index contributed by atoms with van der Waals surface area (Å²) >= 11 is 0. The first kappa shape index (κ1) is 15.6. The van der Waals surface area contributed by atoms with E-state index in [4.69, 9.17) is 5.26 Å². The Kier molecular flexibility index (Phi) is 4.80. The molecule has 22 heavy (non-hydrogen) atoms. The van der Waals surface area contributed by atoms with E-state index in [-0.39, 0.29) is 11.9 Å². The lowest BCUT2D eigenvalue weighted by Crippen LogP contribution is -2.31. The molecular formula is C18H19N3O. The predicted molar refractivity (Wildman–Crippen MR) is 88.8 cm³/mol. The largest absolute Gasteiger partial charge is 0.374 e. The zero-order chi connectivity index (χ0) is 16.1. The molecule has 0 saturated carbocycles. The van der Waals surface area contributed by atoms with Crippen LogP contribution in [0.4, 0.5) is 11.4 Å². The topological polar surface area (TPSA) is 64.9 Å². The van der Waals surface area contributed by atoms with Crippen LogP contribution in [0.1, 0.15) is 23.6 Å². The number of carbonyl (C=O) groups excluding carboxylic acids is 1. The molecule has 0 heterocycles. The van der Waals surface area contributed by atoms with Crippen LogP contribution in [-0.2, 0) is 4.79 Å². The van der Waals surface area contributed by atoms with Crippen LogP contribution < -0.4 is 10.6 Å². The summed E-state index contributed by atoms with van der Waals surface area (Å²) in [4.78, 5) is 12.2. The van der Waals surface area contributed by atoms with E-state index in [1.165, 1.54) is 0 Å². The van der Waals surface area contributed by atoms with Gasteiger partial charge in [0.15, 0.2) is 0 Å². The number of anilines is 2. The molecule has 112 valence electrons. The molecule has 1 amide bonds. The molecule has 2 N–H and O–H groups in total. The van der Waals surface area contributed by atoms with E-state index in [1.54, 1.807) is 31.2 Å². The molecular weight excluding hydrogens is 274 g/mol. The number of hydrogen-bond donors (Lipinski definition) is 2. The molecule has 0 radical (unpaired) electrons. The maximum atomic E-state index is 12.2. The number of amides is 1. The van der Waals surface area contributed by atoms with Gasteiger partial charge in [0.05, 0.1) is 11.6 Å². The molecule has 2 rings (SSSR count). The number of nitriles is 1. The highest BCUT2D eigenvalue weighted by Crippen LogP contribution is 2.16. The van der Waals surface area contributed by atoms with Gasteiger partial charge in [-0.25, -0.2) is 0 Å². The van der Waals surface area contributed by atoms with Gasteiger partial charge in [0.25, 0.3) is 0 Å². The van der Waals surface area contributed by atoms with Crippen molar-refractivity contribution in [2.45, 2.75) is 26.8 Å². The lowest BCUT2D eigenvalue weighted by molar-refractivity contribution is -0.116. The van der Waals surface area contributed by atoms with E-state index >= 15 is 0 Å². The van der Waals surface area contributed by atoms with Crippen molar-refractivity contribution in [2.24, 2.45) is 0 Å². The van der Waals surface area contributed by atoms with Crippen molar-refractivity contribution < 1.29 is 4.79 Å². The van der Waals surface area contributed by atoms with Gasteiger partial charge in [-0.2, -0.15) is 5.26 Å². The molecule has 1 unspecified atom stereocenters. The van der Waals surface area contributed by atoms with Crippen molar-refractivity contribution >= 4 is 17.3 Å². The quantitative estimate of drug-likeness (QED) is 0.905. The molecule has 1 atom stereocenters. The first-order valence-electron chi connectivity index (χ1n) is 7.14. The molecule has 0 aromatic heterocycles. The minimum Gasteiger partial charge on any atom is -0.374 e. The number of nitrogens with one attached hydrogen (secondary N) is 2. The fourth-order valence-corrected chi connectivity index (χ4v) is 2.29. The van der Waals surface area contributed by atoms with Crippen LogP contribution >= 0.6 is 0 Å². The lowest BCUT2D eigenvalue weighted by atomic mass is 10.1. The molecule has 2 aromatic carbocycles. The average Bonchev–Trinajstić information content (AvgIpc) is 2.46. The van der Waals surface area contributed by atoms with Gasteiger partial charge in [0, 0.05) is 11.4 Å². The summed E-state index contributed by atoms with van der Waals surface area (Å²) in [5.41, 5.74) is 4.37. The zero-order valence-electron chi connectivity index (χ0n) is 13.0. The van der Waals surface area contributed by atoms with Crippen LogP contribution in [0.5, 0.6) is 0 Å². The first-order chi connectivity index (χ1) is 10.5. The highest BCUT2D eigenvalue weighted by Gasteiger charge is 2.13. The Balaban J connectivity index is 2.04. The molecule has 0 spiro atoms. The number of hydrogen-bond acceptors (Lipinski definition) is 3. The van der Waals surface area contributed by atoms with Crippen molar-refractivity contribution in [3.63, 3.8) is 0 Å². The third-order valence-corrected chi connectivity index (χ3v) is 3.26. The number of nitrogens with zero attached hydrogens (tertiary/aromatic N) is 1. The SMILES string of the molecule is Cc1cc(C)cc(NC(C)C(=O)Nc2cccc(C#N)c2)c1. The molecule has 0 aliphatic rings. The van der Waals surface area contributed by atoms with E-state index in [0.29, 0.717) is 11.3 Å². The molecule has 0 saturated heterocycles. The Morgan fingerprint density at radius 3 is 2.41 bits per heavy atom. The zero-order valence-corrected chi connectivity index (χ0v) is 13.0. The Morgan fingerprint density at radius 1 is 1.09 bits per heavy atom. The minimum atomic E-state index is -0.382. The Hall–Kier alpha value is -2.80. The number of benzene rings is 2. The van der Waals surface area contributed by atoms with Gasteiger partial charge in [-0.15, -0.1) is 0 Å². The normalized spacial score (nSPS) is 11.4. The maximum absolute atomic E-state index is 12.2. The highest BCUT2D eigenvalue weighted by atomic mass is 16.2. The van der Waals surface area contributed by atoms with Gasteiger partial charge < -0.3 is 10.6 Å². The van der Waals surface area contributed by atoms with E-state index < -0.39 is 0 Å². The Morgan fingerprint density at radius 2 is 1.77 bits per heavy atom.